The molecule has 2 saturated heterocycles. The maximum atomic E-state index is 5.93. The molecule has 2 aliphatic rings. The van der Waals surface area contributed by atoms with Crippen LogP contribution in [0.4, 0.5) is 0 Å². The second-order valence-corrected chi connectivity index (χ2v) is 5.09. The van der Waals surface area contributed by atoms with Gasteiger partial charge in [-0.2, -0.15) is 0 Å². The Bertz CT molecular complexity index is 433. The van der Waals surface area contributed by atoms with Crippen molar-refractivity contribution < 1.29 is 18.9 Å². The molecule has 108 valence electrons. The van der Waals surface area contributed by atoms with Gasteiger partial charge in [-0.3, -0.25) is 0 Å². The Labute approximate surface area is 119 Å². The number of fused-ring (bicyclic) bond motifs is 1. The van der Waals surface area contributed by atoms with Crippen molar-refractivity contribution in [2.24, 2.45) is 0 Å². The molecule has 4 atom stereocenters. The van der Waals surface area contributed by atoms with Crippen LogP contribution in [0.5, 0.6) is 0 Å². The minimum Gasteiger partial charge on any atom is -0.370 e. The van der Waals surface area contributed by atoms with E-state index >= 15 is 0 Å². The van der Waals surface area contributed by atoms with Crippen LogP contribution in [0.25, 0.3) is 0 Å². The fraction of sp³-hybridized carbons (Fsp3) is 0.500. The van der Waals surface area contributed by atoms with Gasteiger partial charge in [0.1, 0.15) is 24.4 Å². The third kappa shape index (κ3) is 2.94. The van der Waals surface area contributed by atoms with Crippen molar-refractivity contribution in [3.05, 3.63) is 48.6 Å². The zero-order valence-electron chi connectivity index (χ0n) is 11.4. The summed E-state index contributed by atoms with van der Waals surface area (Å²) in [6, 6.07) is 10.1. The number of benzene rings is 1. The summed E-state index contributed by atoms with van der Waals surface area (Å²) in [6.07, 6.45) is 1.68. The van der Waals surface area contributed by atoms with Crippen LogP contribution in [-0.2, 0) is 25.6 Å². The van der Waals surface area contributed by atoms with Crippen molar-refractivity contribution >= 4 is 0 Å². The second kappa shape index (κ2) is 6.50. The highest BCUT2D eigenvalue weighted by Crippen LogP contribution is 2.30. The molecule has 0 bridgehead atoms. The van der Waals surface area contributed by atoms with E-state index in [4.69, 9.17) is 18.9 Å². The second-order valence-electron chi connectivity index (χ2n) is 5.09. The van der Waals surface area contributed by atoms with Gasteiger partial charge in [-0.15, -0.1) is 6.58 Å². The fourth-order valence-corrected chi connectivity index (χ4v) is 2.68. The largest absolute Gasteiger partial charge is 0.370 e. The van der Waals surface area contributed by atoms with Gasteiger partial charge >= 0.3 is 0 Å². The fourth-order valence-electron chi connectivity index (χ4n) is 2.68. The van der Waals surface area contributed by atoms with Crippen LogP contribution in [0.1, 0.15) is 5.56 Å². The smallest absolute Gasteiger partial charge is 0.115 e. The number of ether oxygens (including phenoxy) is 4. The lowest BCUT2D eigenvalue weighted by Gasteiger charge is -2.17. The van der Waals surface area contributed by atoms with Crippen LogP contribution < -0.4 is 0 Å². The molecule has 4 heteroatoms. The first-order chi connectivity index (χ1) is 9.88. The SMILES string of the molecule is C=CCO[C@@H]1CO[C@H]2[C@@H]1OC[C@H]2OCc1ccccc1. The summed E-state index contributed by atoms with van der Waals surface area (Å²) in [7, 11) is 0. The minimum atomic E-state index is -0.0199. The molecule has 0 aromatic heterocycles. The lowest BCUT2D eigenvalue weighted by atomic mass is 10.1. The van der Waals surface area contributed by atoms with Gasteiger partial charge in [-0.1, -0.05) is 36.4 Å². The van der Waals surface area contributed by atoms with E-state index in [1.807, 2.05) is 18.2 Å². The zero-order valence-corrected chi connectivity index (χ0v) is 11.4. The summed E-state index contributed by atoms with van der Waals surface area (Å²) in [6.45, 7) is 5.89. The molecule has 3 rings (SSSR count). The van der Waals surface area contributed by atoms with Crippen molar-refractivity contribution in [3.63, 3.8) is 0 Å². The lowest BCUT2D eigenvalue weighted by Crippen LogP contribution is -2.34. The van der Waals surface area contributed by atoms with Gasteiger partial charge in [0.05, 0.1) is 26.4 Å². The molecule has 2 heterocycles. The topological polar surface area (TPSA) is 36.9 Å². The van der Waals surface area contributed by atoms with E-state index < -0.39 is 0 Å². The molecule has 0 saturated carbocycles. The van der Waals surface area contributed by atoms with Crippen molar-refractivity contribution in [3.8, 4) is 0 Å². The molecule has 0 unspecified atom stereocenters. The summed E-state index contributed by atoms with van der Waals surface area (Å²) >= 11 is 0. The van der Waals surface area contributed by atoms with Crippen LogP contribution in [0, 0.1) is 0 Å². The van der Waals surface area contributed by atoms with E-state index in [-0.39, 0.29) is 24.4 Å². The highest BCUT2D eigenvalue weighted by Gasteiger charge is 2.48. The Balaban J connectivity index is 1.52. The minimum absolute atomic E-state index is 0.0108. The van der Waals surface area contributed by atoms with Gasteiger partial charge in [0.15, 0.2) is 0 Å². The zero-order chi connectivity index (χ0) is 13.8. The van der Waals surface area contributed by atoms with Crippen molar-refractivity contribution in [1.29, 1.82) is 0 Å². The first kappa shape index (κ1) is 13.8. The molecule has 1 aromatic carbocycles. The molecular weight excluding hydrogens is 256 g/mol. The molecular formula is C16H20O4. The third-order valence-electron chi connectivity index (χ3n) is 3.70. The summed E-state index contributed by atoms with van der Waals surface area (Å²) in [4.78, 5) is 0. The molecule has 1 aromatic rings. The highest BCUT2D eigenvalue weighted by atomic mass is 16.6. The van der Waals surface area contributed by atoms with Crippen LogP contribution in [0.2, 0.25) is 0 Å². The highest BCUT2D eigenvalue weighted by molar-refractivity contribution is 5.13. The lowest BCUT2D eigenvalue weighted by molar-refractivity contribution is -0.0510. The van der Waals surface area contributed by atoms with E-state index in [9.17, 15) is 0 Å². The average Bonchev–Trinajstić information content (AvgIpc) is 3.06. The van der Waals surface area contributed by atoms with Gasteiger partial charge in [-0.05, 0) is 5.56 Å². The Hall–Kier alpha value is -1.20. The summed E-state index contributed by atoms with van der Waals surface area (Å²) < 4.78 is 23.1. The molecule has 20 heavy (non-hydrogen) atoms. The Morgan fingerprint density at radius 3 is 2.35 bits per heavy atom. The van der Waals surface area contributed by atoms with Gasteiger partial charge in [0.25, 0.3) is 0 Å². The van der Waals surface area contributed by atoms with Gasteiger partial charge in [0.2, 0.25) is 0 Å². The number of rotatable bonds is 6. The Morgan fingerprint density at radius 2 is 1.70 bits per heavy atom. The molecule has 0 amide bonds. The number of hydrogen-bond donors (Lipinski definition) is 0. The molecule has 4 nitrogen and oxygen atoms in total. The maximum absolute atomic E-state index is 5.93. The summed E-state index contributed by atoms with van der Waals surface area (Å²) in [5.74, 6) is 0. The van der Waals surface area contributed by atoms with Crippen molar-refractivity contribution in [2.75, 3.05) is 19.8 Å². The van der Waals surface area contributed by atoms with Crippen LogP contribution in [0.15, 0.2) is 43.0 Å². The predicted molar refractivity (Wildman–Crippen MR) is 74.4 cm³/mol. The van der Waals surface area contributed by atoms with E-state index in [0.29, 0.717) is 26.4 Å². The molecule has 2 fully saturated rings. The van der Waals surface area contributed by atoms with Crippen molar-refractivity contribution in [2.45, 2.75) is 31.0 Å². The standard InChI is InChI=1S/C16H20O4/c1-2-8-17-13-10-19-16-14(11-20-15(13)16)18-9-12-6-4-3-5-7-12/h2-7,13-16H,1,8-11H2/t13-,14-,15-,16-/m1/s1. The predicted octanol–water partition coefficient (Wildman–Crippen LogP) is 1.94. The normalized spacial score (nSPS) is 32.2. The molecule has 0 spiro atoms. The van der Waals surface area contributed by atoms with Gasteiger partial charge in [-0.25, -0.2) is 0 Å². The summed E-state index contributed by atoms with van der Waals surface area (Å²) in [5, 5.41) is 0. The third-order valence-corrected chi connectivity index (χ3v) is 3.70. The molecule has 0 radical (unpaired) electrons. The monoisotopic (exact) mass is 276 g/mol. The molecule has 0 aliphatic carbocycles. The number of hydrogen-bond acceptors (Lipinski definition) is 4. The quantitative estimate of drug-likeness (QED) is 0.744. The van der Waals surface area contributed by atoms with E-state index in [0.717, 1.165) is 5.56 Å². The summed E-state index contributed by atoms with van der Waals surface area (Å²) in [5.41, 5.74) is 1.16. The van der Waals surface area contributed by atoms with Crippen LogP contribution >= 0.6 is 0 Å². The first-order valence-corrected chi connectivity index (χ1v) is 6.99. The van der Waals surface area contributed by atoms with Gasteiger partial charge in [0, 0.05) is 0 Å². The van der Waals surface area contributed by atoms with Gasteiger partial charge < -0.3 is 18.9 Å². The average molecular weight is 276 g/mol. The molecule has 0 N–H and O–H groups in total. The Morgan fingerprint density at radius 1 is 1.05 bits per heavy atom. The van der Waals surface area contributed by atoms with Crippen LogP contribution in [0.3, 0.4) is 0 Å². The maximum Gasteiger partial charge on any atom is 0.115 e. The van der Waals surface area contributed by atoms with E-state index in [1.54, 1.807) is 6.08 Å². The molecule has 2 aliphatic heterocycles. The van der Waals surface area contributed by atoms with E-state index in [1.165, 1.54) is 0 Å². The van der Waals surface area contributed by atoms with Crippen molar-refractivity contribution in [1.82, 2.24) is 0 Å². The van der Waals surface area contributed by atoms with E-state index in [2.05, 4.69) is 18.7 Å². The Kier molecular flexibility index (Phi) is 4.47. The van der Waals surface area contributed by atoms with Crippen LogP contribution in [-0.4, -0.2) is 44.2 Å². The first-order valence-electron chi connectivity index (χ1n) is 6.99.